The Labute approximate surface area is 89.9 Å². The third-order valence-corrected chi connectivity index (χ3v) is 2.57. The van der Waals surface area contributed by atoms with Gasteiger partial charge in [0, 0.05) is 12.1 Å². The van der Waals surface area contributed by atoms with E-state index in [1.54, 1.807) is 0 Å². The average Bonchev–Trinajstić information content (AvgIpc) is 2.59. The van der Waals surface area contributed by atoms with E-state index in [0.29, 0.717) is 6.54 Å². The molecule has 1 aromatic carbocycles. The molecule has 0 spiro atoms. The zero-order chi connectivity index (χ0) is 11.1. The number of imidazole rings is 1. The van der Waals surface area contributed by atoms with Gasteiger partial charge in [0.2, 0.25) is 0 Å². The lowest BCUT2D eigenvalue weighted by Gasteiger charge is -2.21. The van der Waals surface area contributed by atoms with Crippen LogP contribution >= 0.6 is 0 Å². The molecule has 0 atom stereocenters. The molecule has 80 valence electrons. The van der Waals surface area contributed by atoms with E-state index in [-0.39, 0.29) is 5.54 Å². The molecule has 0 radical (unpaired) electrons. The molecule has 0 amide bonds. The molecule has 3 nitrogen and oxygen atoms in total. The first kappa shape index (κ1) is 10.2. The van der Waals surface area contributed by atoms with E-state index in [1.165, 1.54) is 5.52 Å². The number of benzene rings is 1. The van der Waals surface area contributed by atoms with Crippen LogP contribution in [0.3, 0.4) is 0 Å². The van der Waals surface area contributed by atoms with Crippen LogP contribution in [0.2, 0.25) is 0 Å². The number of nitrogens with two attached hydrogens (primary N) is 1. The number of nitrogens with zero attached hydrogens (tertiary/aromatic N) is 2. The van der Waals surface area contributed by atoms with Crippen LogP contribution in [0.1, 0.15) is 26.3 Å². The molecule has 0 fully saturated rings. The van der Waals surface area contributed by atoms with Crippen LogP contribution in [0, 0.1) is 0 Å². The average molecular weight is 203 g/mol. The lowest BCUT2D eigenvalue weighted by Crippen LogP contribution is -2.20. The van der Waals surface area contributed by atoms with Crippen molar-refractivity contribution >= 4 is 11.0 Å². The Hall–Kier alpha value is -1.35. The number of fused-ring (bicyclic) bond motifs is 1. The first-order chi connectivity index (χ1) is 7.02. The van der Waals surface area contributed by atoms with Gasteiger partial charge in [-0.25, -0.2) is 4.98 Å². The van der Waals surface area contributed by atoms with Crippen LogP contribution in [0.25, 0.3) is 11.0 Å². The molecule has 0 bridgehead atoms. The highest BCUT2D eigenvalue weighted by atomic mass is 15.1. The summed E-state index contributed by atoms with van der Waals surface area (Å²) in [7, 11) is 0. The summed E-state index contributed by atoms with van der Waals surface area (Å²) >= 11 is 0. The van der Waals surface area contributed by atoms with Crippen molar-refractivity contribution in [2.24, 2.45) is 5.73 Å². The fourth-order valence-corrected chi connectivity index (χ4v) is 1.72. The normalized spacial score (nSPS) is 12.3. The maximum absolute atomic E-state index is 5.60. The van der Waals surface area contributed by atoms with Gasteiger partial charge < -0.3 is 10.3 Å². The van der Waals surface area contributed by atoms with Crippen LogP contribution in [0.15, 0.2) is 24.5 Å². The molecule has 0 aliphatic carbocycles. The van der Waals surface area contributed by atoms with Gasteiger partial charge in [0.05, 0.1) is 17.4 Å². The van der Waals surface area contributed by atoms with E-state index in [1.807, 2.05) is 6.33 Å². The van der Waals surface area contributed by atoms with Crippen molar-refractivity contribution in [2.75, 3.05) is 0 Å². The number of hydrogen-bond donors (Lipinski definition) is 1. The second-order valence-electron chi connectivity index (χ2n) is 4.81. The molecule has 1 aromatic heterocycles. The first-order valence-electron chi connectivity index (χ1n) is 5.19. The van der Waals surface area contributed by atoms with Crippen LogP contribution in [0.5, 0.6) is 0 Å². The molecule has 2 N–H and O–H groups in total. The topological polar surface area (TPSA) is 43.8 Å². The molecule has 0 aliphatic rings. The molecule has 0 saturated heterocycles. The summed E-state index contributed by atoms with van der Waals surface area (Å²) in [5, 5.41) is 0. The molecule has 0 saturated carbocycles. The van der Waals surface area contributed by atoms with Crippen molar-refractivity contribution in [2.45, 2.75) is 32.9 Å². The van der Waals surface area contributed by atoms with Crippen molar-refractivity contribution in [3.63, 3.8) is 0 Å². The van der Waals surface area contributed by atoms with E-state index >= 15 is 0 Å². The van der Waals surface area contributed by atoms with Crippen molar-refractivity contribution in [1.29, 1.82) is 0 Å². The van der Waals surface area contributed by atoms with Gasteiger partial charge >= 0.3 is 0 Å². The second-order valence-corrected chi connectivity index (χ2v) is 4.81. The van der Waals surface area contributed by atoms with Crippen molar-refractivity contribution in [1.82, 2.24) is 9.55 Å². The van der Waals surface area contributed by atoms with E-state index in [4.69, 9.17) is 5.73 Å². The van der Waals surface area contributed by atoms with E-state index in [2.05, 4.69) is 48.5 Å². The summed E-state index contributed by atoms with van der Waals surface area (Å²) in [6.45, 7) is 7.08. The Morgan fingerprint density at radius 2 is 2.07 bits per heavy atom. The molecule has 0 unspecified atom stereocenters. The van der Waals surface area contributed by atoms with Gasteiger partial charge in [-0.15, -0.1) is 0 Å². The van der Waals surface area contributed by atoms with Crippen LogP contribution < -0.4 is 5.73 Å². The zero-order valence-electron chi connectivity index (χ0n) is 9.49. The summed E-state index contributed by atoms with van der Waals surface area (Å²) < 4.78 is 2.18. The molecular weight excluding hydrogens is 186 g/mol. The maximum Gasteiger partial charge on any atom is 0.0963 e. The Morgan fingerprint density at radius 1 is 1.33 bits per heavy atom. The molecule has 2 rings (SSSR count). The van der Waals surface area contributed by atoms with E-state index in [0.717, 1.165) is 11.1 Å². The molecular formula is C12H17N3. The summed E-state index contributed by atoms with van der Waals surface area (Å²) in [6, 6.07) is 6.21. The minimum atomic E-state index is 0.0684. The summed E-state index contributed by atoms with van der Waals surface area (Å²) in [6.07, 6.45) is 1.89. The molecule has 0 aliphatic heterocycles. The predicted octanol–water partition coefficient (Wildman–Crippen LogP) is 2.25. The Bertz CT molecular complexity index is 477. The SMILES string of the molecule is CC(C)(C)n1cnc2cc(CN)ccc21. The highest BCUT2D eigenvalue weighted by Gasteiger charge is 2.15. The predicted molar refractivity (Wildman–Crippen MR) is 62.6 cm³/mol. The minimum Gasteiger partial charge on any atom is -0.326 e. The Morgan fingerprint density at radius 3 is 2.67 bits per heavy atom. The smallest absolute Gasteiger partial charge is 0.0963 e. The quantitative estimate of drug-likeness (QED) is 0.772. The van der Waals surface area contributed by atoms with Gasteiger partial charge in [-0.3, -0.25) is 0 Å². The van der Waals surface area contributed by atoms with Gasteiger partial charge in [0.1, 0.15) is 0 Å². The highest BCUT2D eigenvalue weighted by Crippen LogP contribution is 2.22. The first-order valence-corrected chi connectivity index (χ1v) is 5.19. The Balaban J connectivity index is 2.62. The van der Waals surface area contributed by atoms with Crippen LogP contribution in [0.4, 0.5) is 0 Å². The molecule has 3 heteroatoms. The standard InChI is InChI=1S/C12H17N3/c1-12(2,3)15-8-14-10-6-9(7-13)4-5-11(10)15/h4-6,8H,7,13H2,1-3H3. The summed E-state index contributed by atoms with van der Waals surface area (Å²) in [5.74, 6) is 0. The molecule has 1 heterocycles. The molecule has 15 heavy (non-hydrogen) atoms. The number of rotatable bonds is 1. The molecule has 2 aromatic rings. The lowest BCUT2D eigenvalue weighted by atomic mass is 10.1. The van der Waals surface area contributed by atoms with Gasteiger partial charge in [0.15, 0.2) is 0 Å². The number of aromatic nitrogens is 2. The minimum absolute atomic E-state index is 0.0684. The van der Waals surface area contributed by atoms with Gasteiger partial charge in [-0.1, -0.05) is 6.07 Å². The Kier molecular flexibility index (Phi) is 2.27. The van der Waals surface area contributed by atoms with E-state index < -0.39 is 0 Å². The monoisotopic (exact) mass is 203 g/mol. The van der Waals surface area contributed by atoms with Crippen LogP contribution in [-0.2, 0) is 12.1 Å². The lowest BCUT2D eigenvalue weighted by molar-refractivity contribution is 0.408. The third kappa shape index (κ3) is 1.75. The van der Waals surface area contributed by atoms with Gasteiger partial charge in [0.25, 0.3) is 0 Å². The second kappa shape index (κ2) is 3.35. The summed E-state index contributed by atoms with van der Waals surface area (Å²) in [5.41, 5.74) is 8.98. The van der Waals surface area contributed by atoms with Crippen molar-refractivity contribution in [3.05, 3.63) is 30.1 Å². The fraction of sp³-hybridized carbons (Fsp3) is 0.417. The third-order valence-electron chi connectivity index (χ3n) is 2.57. The van der Waals surface area contributed by atoms with E-state index in [9.17, 15) is 0 Å². The van der Waals surface area contributed by atoms with Crippen molar-refractivity contribution in [3.8, 4) is 0 Å². The van der Waals surface area contributed by atoms with Crippen LogP contribution in [-0.4, -0.2) is 9.55 Å². The fourth-order valence-electron chi connectivity index (χ4n) is 1.72. The summed E-state index contributed by atoms with van der Waals surface area (Å²) in [4.78, 5) is 4.40. The largest absolute Gasteiger partial charge is 0.326 e. The highest BCUT2D eigenvalue weighted by molar-refractivity contribution is 5.76. The van der Waals surface area contributed by atoms with Gasteiger partial charge in [-0.2, -0.15) is 0 Å². The van der Waals surface area contributed by atoms with Gasteiger partial charge in [-0.05, 0) is 38.5 Å². The number of hydrogen-bond acceptors (Lipinski definition) is 2. The zero-order valence-corrected chi connectivity index (χ0v) is 9.49. The van der Waals surface area contributed by atoms with Crippen molar-refractivity contribution < 1.29 is 0 Å². The maximum atomic E-state index is 5.60.